The third-order valence-corrected chi connectivity index (χ3v) is 2.48. The third kappa shape index (κ3) is 5.07. The standard InChI is InChI=1S/C14H23NO2/c1-13(2,3)9-14(4,5)10-15-12(16)11-7-6-8-17-11/h6-8H,9-10H2,1-5H3,(H,15,16). The lowest BCUT2D eigenvalue weighted by molar-refractivity contribution is 0.0895. The summed E-state index contributed by atoms with van der Waals surface area (Å²) in [6.07, 6.45) is 2.56. The predicted octanol–water partition coefficient (Wildman–Crippen LogP) is 3.47. The Balaban J connectivity index is 2.47. The van der Waals surface area contributed by atoms with Crippen LogP contribution in [0.2, 0.25) is 0 Å². The van der Waals surface area contributed by atoms with Crippen molar-refractivity contribution in [2.75, 3.05) is 6.54 Å². The van der Waals surface area contributed by atoms with E-state index in [2.05, 4.69) is 39.9 Å². The fourth-order valence-corrected chi connectivity index (χ4v) is 2.31. The molecule has 0 radical (unpaired) electrons. The number of carbonyl (C=O) groups is 1. The molecular weight excluding hydrogens is 214 g/mol. The highest BCUT2D eigenvalue weighted by atomic mass is 16.3. The molecule has 96 valence electrons. The molecule has 3 nitrogen and oxygen atoms in total. The molecule has 3 heteroatoms. The van der Waals surface area contributed by atoms with Crippen molar-refractivity contribution in [3.63, 3.8) is 0 Å². The van der Waals surface area contributed by atoms with Crippen LogP contribution in [0.25, 0.3) is 0 Å². The van der Waals surface area contributed by atoms with E-state index in [0.29, 0.717) is 12.3 Å². The van der Waals surface area contributed by atoms with Crippen LogP contribution in [0.1, 0.15) is 51.6 Å². The Morgan fingerprint density at radius 2 is 1.94 bits per heavy atom. The topological polar surface area (TPSA) is 42.2 Å². The molecule has 1 heterocycles. The summed E-state index contributed by atoms with van der Waals surface area (Å²) in [5, 5.41) is 2.92. The SMILES string of the molecule is CC(C)(C)CC(C)(C)CNC(=O)c1ccco1. The number of hydrogen-bond donors (Lipinski definition) is 1. The normalized spacial score (nSPS) is 12.5. The Morgan fingerprint density at radius 1 is 1.29 bits per heavy atom. The lowest BCUT2D eigenvalue weighted by atomic mass is 9.76. The lowest BCUT2D eigenvalue weighted by Crippen LogP contribution is -2.36. The quantitative estimate of drug-likeness (QED) is 0.871. The Morgan fingerprint density at radius 3 is 2.41 bits per heavy atom. The maximum absolute atomic E-state index is 11.7. The van der Waals surface area contributed by atoms with Gasteiger partial charge in [0.05, 0.1) is 6.26 Å². The highest BCUT2D eigenvalue weighted by Gasteiger charge is 2.26. The molecule has 1 aromatic rings. The first-order chi connectivity index (χ1) is 7.70. The van der Waals surface area contributed by atoms with Crippen molar-refractivity contribution in [1.82, 2.24) is 5.32 Å². The van der Waals surface area contributed by atoms with Gasteiger partial charge >= 0.3 is 0 Å². The summed E-state index contributed by atoms with van der Waals surface area (Å²) < 4.78 is 5.05. The largest absolute Gasteiger partial charge is 0.459 e. The minimum atomic E-state index is -0.142. The fourth-order valence-electron chi connectivity index (χ4n) is 2.31. The molecule has 0 bridgehead atoms. The first kappa shape index (κ1) is 13.8. The van der Waals surface area contributed by atoms with E-state index in [0.717, 1.165) is 6.42 Å². The molecule has 1 rings (SSSR count). The van der Waals surface area contributed by atoms with Crippen molar-refractivity contribution in [3.05, 3.63) is 24.2 Å². The first-order valence-electron chi connectivity index (χ1n) is 6.01. The van der Waals surface area contributed by atoms with Gasteiger partial charge in [-0.25, -0.2) is 0 Å². The van der Waals surface area contributed by atoms with Gasteiger partial charge in [-0.3, -0.25) is 4.79 Å². The smallest absolute Gasteiger partial charge is 0.286 e. The van der Waals surface area contributed by atoms with Gasteiger partial charge in [-0.05, 0) is 29.4 Å². The Labute approximate surface area is 104 Å². The van der Waals surface area contributed by atoms with E-state index in [4.69, 9.17) is 4.42 Å². The molecule has 0 atom stereocenters. The Kier molecular flexibility index (Phi) is 4.02. The summed E-state index contributed by atoms with van der Waals surface area (Å²) in [6, 6.07) is 3.39. The van der Waals surface area contributed by atoms with Crippen LogP contribution in [0.4, 0.5) is 0 Å². The average Bonchev–Trinajstić information content (AvgIpc) is 2.63. The van der Waals surface area contributed by atoms with Gasteiger partial charge in [-0.15, -0.1) is 0 Å². The summed E-state index contributed by atoms with van der Waals surface area (Å²) in [5.41, 5.74) is 0.347. The van der Waals surface area contributed by atoms with Gasteiger partial charge in [0.1, 0.15) is 0 Å². The molecule has 0 aromatic carbocycles. The molecule has 0 fully saturated rings. The van der Waals surface area contributed by atoms with E-state index in [1.807, 2.05) is 0 Å². The van der Waals surface area contributed by atoms with Crippen molar-refractivity contribution >= 4 is 5.91 Å². The third-order valence-electron chi connectivity index (χ3n) is 2.48. The molecule has 17 heavy (non-hydrogen) atoms. The number of carbonyl (C=O) groups excluding carboxylic acids is 1. The van der Waals surface area contributed by atoms with Crippen molar-refractivity contribution in [1.29, 1.82) is 0 Å². The molecule has 0 aliphatic rings. The molecule has 0 saturated heterocycles. The zero-order valence-electron chi connectivity index (χ0n) is 11.5. The molecule has 0 saturated carbocycles. The maximum Gasteiger partial charge on any atom is 0.286 e. The summed E-state index contributed by atoms with van der Waals surface area (Å²) in [4.78, 5) is 11.7. The molecule has 0 spiro atoms. The van der Waals surface area contributed by atoms with Crippen LogP contribution in [-0.4, -0.2) is 12.5 Å². The van der Waals surface area contributed by atoms with Crippen LogP contribution < -0.4 is 5.32 Å². The average molecular weight is 237 g/mol. The second kappa shape index (κ2) is 4.94. The summed E-state index contributed by atoms with van der Waals surface area (Å²) in [6.45, 7) is 11.6. The van der Waals surface area contributed by atoms with Crippen molar-refractivity contribution in [2.24, 2.45) is 10.8 Å². The van der Waals surface area contributed by atoms with Gasteiger partial charge in [0.25, 0.3) is 5.91 Å². The highest BCUT2D eigenvalue weighted by molar-refractivity contribution is 5.91. The van der Waals surface area contributed by atoms with E-state index in [1.165, 1.54) is 6.26 Å². The monoisotopic (exact) mass is 237 g/mol. The van der Waals surface area contributed by atoms with Crippen molar-refractivity contribution < 1.29 is 9.21 Å². The molecule has 0 aliphatic heterocycles. The maximum atomic E-state index is 11.7. The molecule has 1 amide bonds. The van der Waals surface area contributed by atoms with Gasteiger partial charge < -0.3 is 9.73 Å². The highest BCUT2D eigenvalue weighted by Crippen LogP contribution is 2.32. The minimum Gasteiger partial charge on any atom is -0.459 e. The number of hydrogen-bond acceptors (Lipinski definition) is 2. The summed E-state index contributed by atoms with van der Waals surface area (Å²) >= 11 is 0. The minimum absolute atomic E-state index is 0.0838. The molecule has 1 N–H and O–H groups in total. The van der Waals surface area contributed by atoms with E-state index in [-0.39, 0.29) is 16.7 Å². The summed E-state index contributed by atoms with van der Waals surface area (Å²) in [7, 11) is 0. The predicted molar refractivity (Wildman–Crippen MR) is 68.9 cm³/mol. The first-order valence-corrected chi connectivity index (χ1v) is 6.01. The number of rotatable bonds is 4. The number of furan rings is 1. The zero-order valence-corrected chi connectivity index (χ0v) is 11.5. The van der Waals surface area contributed by atoms with E-state index >= 15 is 0 Å². The molecular formula is C14H23NO2. The fraction of sp³-hybridized carbons (Fsp3) is 0.643. The summed E-state index contributed by atoms with van der Waals surface area (Å²) in [5.74, 6) is 0.230. The van der Waals surface area contributed by atoms with Crippen LogP contribution in [0.15, 0.2) is 22.8 Å². The van der Waals surface area contributed by atoms with E-state index < -0.39 is 0 Å². The van der Waals surface area contributed by atoms with Crippen LogP contribution in [0, 0.1) is 10.8 Å². The second-order valence-corrected chi connectivity index (χ2v) is 6.56. The van der Waals surface area contributed by atoms with Crippen LogP contribution in [-0.2, 0) is 0 Å². The van der Waals surface area contributed by atoms with Crippen LogP contribution in [0.5, 0.6) is 0 Å². The van der Waals surface area contributed by atoms with Gasteiger partial charge in [0.15, 0.2) is 5.76 Å². The van der Waals surface area contributed by atoms with E-state index in [1.54, 1.807) is 12.1 Å². The van der Waals surface area contributed by atoms with Gasteiger partial charge in [0, 0.05) is 6.54 Å². The van der Waals surface area contributed by atoms with E-state index in [9.17, 15) is 4.79 Å². The lowest BCUT2D eigenvalue weighted by Gasteiger charge is -2.32. The van der Waals surface area contributed by atoms with Gasteiger partial charge in [0.2, 0.25) is 0 Å². The van der Waals surface area contributed by atoms with Gasteiger partial charge in [-0.1, -0.05) is 34.6 Å². The zero-order chi connectivity index (χ0) is 13.1. The van der Waals surface area contributed by atoms with Crippen LogP contribution in [0.3, 0.4) is 0 Å². The molecule has 0 aliphatic carbocycles. The molecule has 0 unspecified atom stereocenters. The van der Waals surface area contributed by atoms with Crippen LogP contribution >= 0.6 is 0 Å². The Bertz CT molecular complexity index is 358. The molecule has 1 aromatic heterocycles. The van der Waals surface area contributed by atoms with Crippen molar-refractivity contribution in [3.8, 4) is 0 Å². The second-order valence-electron chi connectivity index (χ2n) is 6.56. The number of amides is 1. The number of nitrogens with one attached hydrogen (secondary N) is 1. The van der Waals surface area contributed by atoms with Crippen molar-refractivity contribution in [2.45, 2.75) is 41.0 Å². The Hall–Kier alpha value is -1.25. The van der Waals surface area contributed by atoms with Gasteiger partial charge in [-0.2, -0.15) is 0 Å².